The average Bonchev–Trinajstić information content (AvgIpc) is 2.86. The summed E-state index contributed by atoms with van der Waals surface area (Å²) in [6.45, 7) is 0.303. The van der Waals surface area contributed by atoms with Gasteiger partial charge in [-0.25, -0.2) is 13.8 Å². The van der Waals surface area contributed by atoms with E-state index in [-0.39, 0.29) is 11.3 Å². The zero-order valence-electron chi connectivity index (χ0n) is 9.91. The van der Waals surface area contributed by atoms with Crippen LogP contribution in [-0.4, -0.2) is 22.4 Å². The molecule has 2 aromatic rings. The van der Waals surface area contributed by atoms with Crippen molar-refractivity contribution in [1.82, 2.24) is 15.3 Å². The number of nitrogens with one attached hydrogen (secondary N) is 2. The van der Waals surface area contributed by atoms with Crippen LogP contribution in [0.3, 0.4) is 0 Å². The lowest BCUT2D eigenvalue weighted by Crippen LogP contribution is -2.26. The van der Waals surface area contributed by atoms with Crippen LogP contribution >= 0.6 is 0 Å². The molecule has 0 atom stereocenters. The van der Waals surface area contributed by atoms with Crippen molar-refractivity contribution < 1.29 is 13.6 Å². The number of anilines is 1. The van der Waals surface area contributed by atoms with E-state index >= 15 is 0 Å². The summed E-state index contributed by atoms with van der Waals surface area (Å²) < 4.78 is 26.4. The molecule has 19 heavy (non-hydrogen) atoms. The number of amides is 1. The average molecular weight is 266 g/mol. The standard InChI is InChI=1S/C12H12F2N4O/c13-9-4-10(14)11(15)3-8(9)12(19)17-2-1-7-5-16-6-18-7/h3-6H,1-2,15H2,(H,16,18)(H,17,19). The smallest absolute Gasteiger partial charge is 0.254 e. The van der Waals surface area contributed by atoms with Crippen LogP contribution in [0.15, 0.2) is 24.7 Å². The molecule has 0 aliphatic carbocycles. The third-order valence-corrected chi connectivity index (χ3v) is 2.57. The molecule has 0 unspecified atom stereocenters. The highest BCUT2D eigenvalue weighted by Crippen LogP contribution is 2.16. The molecule has 1 amide bonds. The van der Waals surface area contributed by atoms with E-state index in [1.807, 2.05) is 0 Å². The molecular weight excluding hydrogens is 254 g/mol. The van der Waals surface area contributed by atoms with E-state index in [9.17, 15) is 13.6 Å². The summed E-state index contributed by atoms with van der Waals surface area (Å²) in [5.41, 5.74) is 5.61. The van der Waals surface area contributed by atoms with Gasteiger partial charge in [-0.2, -0.15) is 0 Å². The molecule has 0 radical (unpaired) electrons. The minimum atomic E-state index is -0.939. The molecule has 0 bridgehead atoms. The largest absolute Gasteiger partial charge is 0.396 e. The summed E-state index contributed by atoms with van der Waals surface area (Å²) in [6, 6.07) is 1.58. The van der Waals surface area contributed by atoms with Gasteiger partial charge < -0.3 is 16.0 Å². The number of imidazole rings is 1. The summed E-state index contributed by atoms with van der Waals surface area (Å²) in [7, 11) is 0. The lowest BCUT2D eigenvalue weighted by molar-refractivity contribution is 0.0950. The molecule has 5 nitrogen and oxygen atoms in total. The second kappa shape index (κ2) is 5.47. The highest BCUT2D eigenvalue weighted by molar-refractivity contribution is 5.95. The van der Waals surface area contributed by atoms with Gasteiger partial charge in [-0.05, 0) is 6.07 Å². The van der Waals surface area contributed by atoms with Gasteiger partial charge in [-0.3, -0.25) is 4.79 Å². The third-order valence-electron chi connectivity index (χ3n) is 2.57. The van der Waals surface area contributed by atoms with Gasteiger partial charge in [-0.1, -0.05) is 0 Å². The molecule has 0 spiro atoms. The van der Waals surface area contributed by atoms with Crippen molar-refractivity contribution in [3.63, 3.8) is 0 Å². The number of H-pyrrole nitrogens is 1. The molecule has 1 aromatic carbocycles. The van der Waals surface area contributed by atoms with Crippen LogP contribution in [0, 0.1) is 11.6 Å². The molecule has 7 heteroatoms. The number of carbonyl (C=O) groups is 1. The predicted octanol–water partition coefficient (Wildman–Crippen LogP) is 1.24. The maximum atomic E-state index is 13.4. The van der Waals surface area contributed by atoms with E-state index in [2.05, 4.69) is 15.3 Å². The topological polar surface area (TPSA) is 83.8 Å². The fourth-order valence-electron chi connectivity index (χ4n) is 1.57. The number of carbonyl (C=O) groups excluding carboxylic acids is 1. The monoisotopic (exact) mass is 266 g/mol. The molecule has 100 valence electrons. The van der Waals surface area contributed by atoms with Crippen LogP contribution in [-0.2, 0) is 6.42 Å². The molecule has 0 fully saturated rings. The maximum Gasteiger partial charge on any atom is 0.254 e. The second-order valence-corrected chi connectivity index (χ2v) is 3.94. The Labute approximate surface area is 107 Å². The predicted molar refractivity (Wildman–Crippen MR) is 65.4 cm³/mol. The number of aromatic amines is 1. The third kappa shape index (κ3) is 3.06. The highest BCUT2D eigenvalue weighted by atomic mass is 19.1. The van der Waals surface area contributed by atoms with E-state index in [1.165, 1.54) is 6.33 Å². The quantitative estimate of drug-likeness (QED) is 0.728. The number of nitrogens with two attached hydrogens (primary N) is 1. The van der Waals surface area contributed by atoms with Gasteiger partial charge in [0.2, 0.25) is 0 Å². The number of hydrogen-bond donors (Lipinski definition) is 3. The molecule has 0 saturated heterocycles. The number of aromatic nitrogens is 2. The highest BCUT2D eigenvalue weighted by Gasteiger charge is 2.14. The summed E-state index contributed by atoms with van der Waals surface area (Å²) in [4.78, 5) is 18.4. The van der Waals surface area contributed by atoms with Crippen molar-refractivity contribution in [2.75, 3.05) is 12.3 Å². The zero-order chi connectivity index (χ0) is 13.8. The fraction of sp³-hybridized carbons (Fsp3) is 0.167. The van der Waals surface area contributed by atoms with Crippen LogP contribution < -0.4 is 11.1 Å². The summed E-state index contributed by atoms with van der Waals surface area (Å²) in [6.07, 6.45) is 3.68. The summed E-state index contributed by atoms with van der Waals surface area (Å²) in [5, 5.41) is 2.52. The molecule has 1 aromatic heterocycles. The molecule has 0 aliphatic heterocycles. The van der Waals surface area contributed by atoms with Gasteiger partial charge in [0.1, 0.15) is 11.6 Å². The van der Waals surface area contributed by atoms with E-state index in [1.54, 1.807) is 6.20 Å². The Kier molecular flexibility index (Phi) is 3.74. The van der Waals surface area contributed by atoms with E-state index in [0.29, 0.717) is 19.0 Å². The molecule has 1 heterocycles. The Balaban J connectivity index is 1.98. The van der Waals surface area contributed by atoms with Crippen molar-refractivity contribution in [2.45, 2.75) is 6.42 Å². The Hall–Kier alpha value is -2.44. The van der Waals surface area contributed by atoms with Gasteiger partial charge in [0.25, 0.3) is 5.91 Å². The number of nitrogens with zero attached hydrogens (tertiary/aromatic N) is 1. The SMILES string of the molecule is Nc1cc(C(=O)NCCc2cnc[nH]2)c(F)cc1F. The van der Waals surface area contributed by atoms with Gasteiger partial charge in [0, 0.05) is 30.9 Å². The van der Waals surface area contributed by atoms with Crippen molar-refractivity contribution in [1.29, 1.82) is 0 Å². The molecule has 0 aliphatic rings. The van der Waals surface area contributed by atoms with E-state index < -0.39 is 17.5 Å². The van der Waals surface area contributed by atoms with E-state index in [0.717, 1.165) is 11.8 Å². The van der Waals surface area contributed by atoms with Gasteiger partial charge >= 0.3 is 0 Å². The second-order valence-electron chi connectivity index (χ2n) is 3.94. The Bertz CT molecular complexity index is 584. The number of benzene rings is 1. The van der Waals surface area contributed by atoms with Crippen molar-refractivity contribution in [3.05, 3.63) is 47.5 Å². The first kappa shape index (κ1) is 13.0. The Morgan fingerprint density at radius 1 is 1.37 bits per heavy atom. The molecule has 4 N–H and O–H groups in total. The first-order valence-electron chi connectivity index (χ1n) is 5.58. The molecule has 2 rings (SSSR count). The van der Waals surface area contributed by atoms with Crippen LogP contribution in [0.1, 0.15) is 16.1 Å². The van der Waals surface area contributed by atoms with Gasteiger partial charge in [-0.15, -0.1) is 0 Å². The van der Waals surface area contributed by atoms with E-state index in [4.69, 9.17) is 5.73 Å². The maximum absolute atomic E-state index is 13.4. The number of halogens is 2. The lowest BCUT2D eigenvalue weighted by atomic mass is 10.1. The number of rotatable bonds is 4. The van der Waals surface area contributed by atoms with Crippen molar-refractivity contribution >= 4 is 11.6 Å². The van der Waals surface area contributed by atoms with Crippen LogP contribution in [0.5, 0.6) is 0 Å². The lowest BCUT2D eigenvalue weighted by Gasteiger charge is -2.07. The van der Waals surface area contributed by atoms with Crippen molar-refractivity contribution in [2.24, 2.45) is 0 Å². The van der Waals surface area contributed by atoms with Gasteiger partial charge in [0.15, 0.2) is 0 Å². The molecule has 0 saturated carbocycles. The summed E-state index contributed by atoms with van der Waals surface area (Å²) >= 11 is 0. The fourth-order valence-corrected chi connectivity index (χ4v) is 1.57. The first-order valence-corrected chi connectivity index (χ1v) is 5.58. The Morgan fingerprint density at radius 3 is 2.84 bits per heavy atom. The number of hydrogen-bond acceptors (Lipinski definition) is 3. The summed E-state index contributed by atoms with van der Waals surface area (Å²) in [5.74, 6) is -2.46. The zero-order valence-corrected chi connectivity index (χ0v) is 9.91. The first-order chi connectivity index (χ1) is 9.08. The molecular formula is C12H12F2N4O. The normalized spacial score (nSPS) is 10.4. The number of nitrogen functional groups attached to an aromatic ring is 1. The van der Waals surface area contributed by atoms with Gasteiger partial charge in [0.05, 0.1) is 17.6 Å². The minimum Gasteiger partial charge on any atom is -0.396 e. The van der Waals surface area contributed by atoms with Crippen LogP contribution in [0.4, 0.5) is 14.5 Å². The van der Waals surface area contributed by atoms with Crippen LogP contribution in [0.2, 0.25) is 0 Å². The minimum absolute atomic E-state index is 0.264. The Morgan fingerprint density at radius 2 is 2.16 bits per heavy atom. The van der Waals surface area contributed by atoms with Crippen LogP contribution in [0.25, 0.3) is 0 Å². The van der Waals surface area contributed by atoms with Crippen molar-refractivity contribution in [3.8, 4) is 0 Å².